The number of benzene rings is 1. The average molecular weight is 215 g/mol. The second kappa shape index (κ2) is 6.27. The molecule has 14 heavy (non-hydrogen) atoms. The Hall–Kier alpha value is -1.22. The van der Waals surface area contributed by atoms with Gasteiger partial charge in [-0.05, 0) is 24.1 Å². The van der Waals surface area contributed by atoms with Crippen LogP contribution >= 0.6 is 12.4 Å². The van der Waals surface area contributed by atoms with E-state index in [0.717, 1.165) is 17.7 Å². The van der Waals surface area contributed by atoms with E-state index in [2.05, 4.69) is 5.32 Å². The van der Waals surface area contributed by atoms with Gasteiger partial charge >= 0.3 is 0 Å². The van der Waals surface area contributed by atoms with Gasteiger partial charge in [-0.15, -0.1) is 12.4 Å². The molecule has 0 saturated heterocycles. The third-order valence-corrected chi connectivity index (χ3v) is 1.87. The highest BCUT2D eigenvalue weighted by Gasteiger charge is 1.99. The molecule has 1 amide bonds. The van der Waals surface area contributed by atoms with Gasteiger partial charge in [-0.3, -0.25) is 4.79 Å². The summed E-state index contributed by atoms with van der Waals surface area (Å²) >= 11 is 0. The number of rotatable bonds is 3. The van der Waals surface area contributed by atoms with Crippen molar-refractivity contribution < 1.29 is 4.79 Å². The van der Waals surface area contributed by atoms with E-state index < -0.39 is 0 Å². The van der Waals surface area contributed by atoms with Gasteiger partial charge in [0.25, 0.3) is 0 Å². The van der Waals surface area contributed by atoms with Crippen molar-refractivity contribution in [3.8, 4) is 0 Å². The smallest absolute Gasteiger partial charge is 0.220 e. The number of carbonyl (C=O) groups is 1. The quantitative estimate of drug-likeness (QED) is 0.747. The van der Waals surface area contributed by atoms with Crippen molar-refractivity contribution in [2.75, 3.05) is 12.8 Å². The first kappa shape index (κ1) is 12.8. The fourth-order valence-electron chi connectivity index (χ4n) is 1.13. The van der Waals surface area contributed by atoms with Gasteiger partial charge in [0, 0.05) is 19.2 Å². The lowest BCUT2D eigenvalue weighted by molar-refractivity contribution is -0.120. The standard InChI is InChI=1S/C10H14N2O.ClH/c1-12-10(13)6-5-8-3-2-4-9(11)7-8;/h2-4,7H,5-6,11H2,1H3,(H,12,13);1H. The first-order valence-corrected chi connectivity index (χ1v) is 4.27. The molecule has 0 aliphatic rings. The molecule has 0 fully saturated rings. The van der Waals surface area contributed by atoms with Crippen molar-refractivity contribution in [2.45, 2.75) is 12.8 Å². The second-order valence-electron chi connectivity index (χ2n) is 2.92. The van der Waals surface area contributed by atoms with Crippen molar-refractivity contribution in [1.29, 1.82) is 0 Å². The Labute approximate surface area is 90.1 Å². The van der Waals surface area contributed by atoms with Crippen LogP contribution in [0.25, 0.3) is 0 Å². The zero-order chi connectivity index (χ0) is 9.68. The number of halogens is 1. The lowest BCUT2D eigenvalue weighted by Crippen LogP contribution is -2.17. The maximum Gasteiger partial charge on any atom is 0.220 e. The summed E-state index contributed by atoms with van der Waals surface area (Å²) in [6.45, 7) is 0. The fourth-order valence-corrected chi connectivity index (χ4v) is 1.13. The van der Waals surface area contributed by atoms with E-state index in [-0.39, 0.29) is 18.3 Å². The molecule has 78 valence electrons. The molecule has 0 aliphatic heterocycles. The molecule has 4 heteroatoms. The number of aryl methyl sites for hydroxylation is 1. The Kier molecular flexibility index (Phi) is 5.72. The number of nitrogens with two attached hydrogens (primary N) is 1. The molecule has 1 aromatic carbocycles. The molecular weight excluding hydrogens is 200 g/mol. The molecular formula is C10H15ClN2O. The zero-order valence-electron chi connectivity index (χ0n) is 8.12. The van der Waals surface area contributed by atoms with Crippen LogP contribution in [0.2, 0.25) is 0 Å². The molecule has 0 radical (unpaired) electrons. The van der Waals surface area contributed by atoms with E-state index in [9.17, 15) is 4.79 Å². The van der Waals surface area contributed by atoms with Gasteiger partial charge in [-0.25, -0.2) is 0 Å². The predicted molar refractivity (Wildman–Crippen MR) is 60.5 cm³/mol. The van der Waals surface area contributed by atoms with Gasteiger partial charge in [0.15, 0.2) is 0 Å². The van der Waals surface area contributed by atoms with Crippen LogP contribution in [0, 0.1) is 0 Å². The molecule has 0 unspecified atom stereocenters. The van der Waals surface area contributed by atoms with Crippen LogP contribution in [0.15, 0.2) is 24.3 Å². The zero-order valence-corrected chi connectivity index (χ0v) is 8.93. The predicted octanol–water partition coefficient (Wildman–Crippen LogP) is 1.37. The van der Waals surface area contributed by atoms with Crippen LogP contribution in [0.3, 0.4) is 0 Å². The van der Waals surface area contributed by atoms with Crippen LogP contribution in [0.1, 0.15) is 12.0 Å². The average Bonchev–Trinajstić information content (AvgIpc) is 2.14. The fraction of sp³-hybridized carbons (Fsp3) is 0.300. The minimum absolute atomic E-state index is 0. The van der Waals surface area contributed by atoms with Gasteiger partial charge in [0.05, 0.1) is 0 Å². The molecule has 3 nitrogen and oxygen atoms in total. The number of amides is 1. The highest BCUT2D eigenvalue weighted by molar-refractivity contribution is 5.85. The number of nitrogens with one attached hydrogen (secondary N) is 1. The third-order valence-electron chi connectivity index (χ3n) is 1.87. The van der Waals surface area contributed by atoms with Gasteiger partial charge in [-0.2, -0.15) is 0 Å². The summed E-state index contributed by atoms with van der Waals surface area (Å²) < 4.78 is 0. The minimum atomic E-state index is 0. The maximum atomic E-state index is 10.9. The largest absolute Gasteiger partial charge is 0.399 e. The SMILES string of the molecule is CNC(=O)CCc1cccc(N)c1.Cl. The van der Waals surface area contributed by atoms with E-state index in [0.29, 0.717) is 6.42 Å². The third kappa shape index (κ3) is 4.14. The Morgan fingerprint density at radius 2 is 2.21 bits per heavy atom. The van der Waals surface area contributed by atoms with Crippen molar-refractivity contribution in [2.24, 2.45) is 0 Å². The number of hydrogen-bond donors (Lipinski definition) is 2. The number of carbonyl (C=O) groups excluding carboxylic acids is 1. The first-order valence-electron chi connectivity index (χ1n) is 4.27. The molecule has 3 N–H and O–H groups in total. The molecule has 0 saturated carbocycles. The summed E-state index contributed by atoms with van der Waals surface area (Å²) in [5.41, 5.74) is 7.44. The van der Waals surface area contributed by atoms with E-state index in [1.165, 1.54) is 0 Å². The number of nitrogen functional groups attached to an aromatic ring is 1. The van der Waals surface area contributed by atoms with Crippen LogP contribution in [-0.4, -0.2) is 13.0 Å². The maximum absolute atomic E-state index is 10.9. The van der Waals surface area contributed by atoms with E-state index >= 15 is 0 Å². The number of anilines is 1. The summed E-state index contributed by atoms with van der Waals surface area (Å²) in [6.07, 6.45) is 1.25. The number of hydrogen-bond acceptors (Lipinski definition) is 2. The minimum Gasteiger partial charge on any atom is -0.399 e. The van der Waals surface area contributed by atoms with E-state index in [1.54, 1.807) is 7.05 Å². The highest BCUT2D eigenvalue weighted by atomic mass is 35.5. The van der Waals surface area contributed by atoms with E-state index in [4.69, 9.17) is 5.73 Å². The van der Waals surface area contributed by atoms with Crippen molar-refractivity contribution in [1.82, 2.24) is 5.32 Å². The molecule has 0 aromatic heterocycles. The summed E-state index contributed by atoms with van der Waals surface area (Å²) in [7, 11) is 1.64. The molecule has 0 spiro atoms. The molecule has 0 bridgehead atoms. The van der Waals surface area contributed by atoms with E-state index in [1.807, 2.05) is 24.3 Å². The topological polar surface area (TPSA) is 55.1 Å². The molecule has 0 heterocycles. The first-order chi connectivity index (χ1) is 6.22. The Bertz CT molecular complexity index is 302. The van der Waals surface area contributed by atoms with Gasteiger partial charge in [-0.1, -0.05) is 12.1 Å². The van der Waals surface area contributed by atoms with Crippen LogP contribution < -0.4 is 11.1 Å². The molecule has 0 aliphatic carbocycles. The Morgan fingerprint density at radius 3 is 2.79 bits per heavy atom. The van der Waals surface area contributed by atoms with Crippen molar-refractivity contribution in [3.63, 3.8) is 0 Å². The summed E-state index contributed by atoms with van der Waals surface area (Å²) in [4.78, 5) is 10.9. The summed E-state index contributed by atoms with van der Waals surface area (Å²) in [6, 6.07) is 7.60. The molecule has 1 aromatic rings. The van der Waals surface area contributed by atoms with Gasteiger partial charge < -0.3 is 11.1 Å². The monoisotopic (exact) mass is 214 g/mol. The van der Waals surface area contributed by atoms with Crippen molar-refractivity contribution >= 4 is 24.0 Å². The van der Waals surface area contributed by atoms with Gasteiger partial charge in [0.1, 0.15) is 0 Å². The lowest BCUT2D eigenvalue weighted by atomic mass is 10.1. The second-order valence-corrected chi connectivity index (χ2v) is 2.92. The highest BCUT2D eigenvalue weighted by Crippen LogP contribution is 2.08. The molecule has 0 atom stereocenters. The summed E-state index contributed by atoms with van der Waals surface area (Å²) in [5.74, 6) is 0.0578. The van der Waals surface area contributed by atoms with Gasteiger partial charge in [0.2, 0.25) is 5.91 Å². The van der Waals surface area contributed by atoms with Crippen LogP contribution in [-0.2, 0) is 11.2 Å². The van der Waals surface area contributed by atoms with Crippen molar-refractivity contribution in [3.05, 3.63) is 29.8 Å². The lowest BCUT2D eigenvalue weighted by Gasteiger charge is -2.01. The molecule has 1 rings (SSSR count). The Morgan fingerprint density at radius 1 is 1.50 bits per heavy atom. The summed E-state index contributed by atoms with van der Waals surface area (Å²) in [5, 5.41) is 2.58. The Balaban J connectivity index is 0.00000169. The van der Waals surface area contributed by atoms with Crippen LogP contribution in [0.5, 0.6) is 0 Å². The van der Waals surface area contributed by atoms with Crippen LogP contribution in [0.4, 0.5) is 5.69 Å². The normalized spacial score (nSPS) is 8.93.